The summed E-state index contributed by atoms with van der Waals surface area (Å²) in [5.41, 5.74) is 12.9. The molecule has 0 spiro atoms. The van der Waals surface area contributed by atoms with Crippen LogP contribution in [0.5, 0.6) is 0 Å². The first kappa shape index (κ1) is 55.5. The Morgan fingerprint density at radius 2 is 1.62 bits per heavy atom. The molecule has 1 unspecified atom stereocenters. The molecule has 0 bridgehead atoms. The van der Waals surface area contributed by atoms with Crippen LogP contribution in [0.15, 0.2) is 104 Å². The van der Waals surface area contributed by atoms with E-state index in [4.69, 9.17) is 20.4 Å². The number of ether oxygens (including phenoxy) is 1. The number of imide groups is 1. The molecule has 2 aliphatic rings. The number of anilines is 1. The minimum absolute atomic E-state index is 0.0835. The molecule has 7 N–H and O–H groups in total. The van der Waals surface area contributed by atoms with Gasteiger partial charge in [-0.15, -0.1) is 0 Å². The summed E-state index contributed by atoms with van der Waals surface area (Å²) in [6, 6.07) is 21.9. The number of H-pyrrole nitrogens is 1. The quantitative estimate of drug-likeness (QED) is 0.0250. The standard InChI is InChI=1S/C57H67N13O8/c1-36(2)51(67-48(71)20-5-4-10-30-69-49(72)27-28-50(69)73)55(75)64-45(19-12-29-59-56(58)76)54(74)63-42-24-21-38(22-25-42)34-78-57(77)68(31-40-16-8-9-17-43(40)39-14-6-7-15-39)33-46-65-52(41-23-26-47-60-35-61-70(47)32-41)53(66-46)44-18-11-13-37(3)62-44/h8-9,11,13,16-18,21-28,32,35-36,39,45,51H,4-7,10,12,14-15,19-20,29-31,33-34H2,1-3H3,(H,63,74)(H,64,75)(H,65,66)(H,67,71)(H3,58,59,76)/t45?,51-/m0/s1. The van der Waals surface area contributed by atoms with Crippen molar-refractivity contribution in [2.75, 3.05) is 18.4 Å². The number of nitrogens with one attached hydrogen (secondary N) is 5. The Kier molecular flexibility index (Phi) is 18.7. The number of aryl methyl sites for hydroxylation is 1. The molecule has 6 aromatic rings. The van der Waals surface area contributed by atoms with Crippen LogP contribution in [-0.2, 0) is 48.4 Å². The van der Waals surface area contributed by atoms with Gasteiger partial charge in [-0.25, -0.2) is 24.1 Å². The highest BCUT2D eigenvalue weighted by Crippen LogP contribution is 2.37. The summed E-state index contributed by atoms with van der Waals surface area (Å²) in [7, 11) is 0. The fraction of sp³-hybridized carbons (Fsp3) is 0.386. The average molecular weight is 1060 g/mol. The number of hydrogen-bond acceptors (Lipinski definition) is 12. The monoisotopic (exact) mass is 1060 g/mol. The molecular formula is C57H67N13O8. The molecule has 1 aliphatic heterocycles. The van der Waals surface area contributed by atoms with E-state index in [1.165, 1.54) is 24.0 Å². The van der Waals surface area contributed by atoms with Crippen LogP contribution in [0, 0.1) is 12.8 Å². The highest BCUT2D eigenvalue weighted by molar-refractivity contribution is 6.12. The second kappa shape index (κ2) is 26.3. The first-order valence-corrected chi connectivity index (χ1v) is 26.6. The zero-order valence-electron chi connectivity index (χ0n) is 44.2. The van der Waals surface area contributed by atoms with Crippen LogP contribution in [-0.4, -0.2) is 106 Å². The van der Waals surface area contributed by atoms with E-state index in [2.05, 4.69) is 48.5 Å². The second-order valence-corrected chi connectivity index (χ2v) is 20.1. The first-order chi connectivity index (χ1) is 37.7. The number of nitrogens with zero attached hydrogens (tertiary/aromatic N) is 7. The van der Waals surface area contributed by atoms with Crippen LogP contribution in [0.1, 0.15) is 112 Å². The van der Waals surface area contributed by atoms with Gasteiger partial charge in [0.15, 0.2) is 5.65 Å². The van der Waals surface area contributed by atoms with E-state index in [9.17, 15) is 33.6 Å². The number of amides is 8. The van der Waals surface area contributed by atoms with E-state index in [0.717, 1.165) is 47.4 Å². The highest BCUT2D eigenvalue weighted by atomic mass is 16.6. The van der Waals surface area contributed by atoms with Crippen molar-refractivity contribution in [1.82, 2.24) is 55.3 Å². The van der Waals surface area contributed by atoms with E-state index in [-0.39, 0.29) is 69.3 Å². The number of hydrogen-bond donors (Lipinski definition) is 6. The zero-order chi connectivity index (χ0) is 55.1. The Balaban J connectivity index is 0.928. The molecule has 21 heteroatoms. The van der Waals surface area contributed by atoms with Crippen molar-refractivity contribution in [3.8, 4) is 22.6 Å². The Bertz CT molecular complexity index is 3130. The summed E-state index contributed by atoms with van der Waals surface area (Å²) >= 11 is 0. The number of imidazole rings is 1. The molecule has 0 radical (unpaired) electrons. The lowest BCUT2D eigenvalue weighted by molar-refractivity contribution is -0.137. The summed E-state index contributed by atoms with van der Waals surface area (Å²) in [6.45, 7) is 6.16. The van der Waals surface area contributed by atoms with Crippen LogP contribution in [0.25, 0.3) is 28.3 Å². The number of carbonyl (C=O) groups is 7. The number of urea groups is 1. The van der Waals surface area contributed by atoms with E-state index in [1.807, 2.05) is 55.6 Å². The maximum absolute atomic E-state index is 14.4. The van der Waals surface area contributed by atoms with Crippen LogP contribution in [0.3, 0.4) is 0 Å². The van der Waals surface area contributed by atoms with Crippen LogP contribution in [0.4, 0.5) is 15.3 Å². The minimum atomic E-state index is -1.06. The van der Waals surface area contributed by atoms with E-state index >= 15 is 0 Å². The van der Waals surface area contributed by atoms with Crippen molar-refractivity contribution in [3.63, 3.8) is 0 Å². The molecule has 1 saturated carbocycles. The van der Waals surface area contributed by atoms with Crippen LogP contribution < -0.4 is 27.0 Å². The predicted molar refractivity (Wildman–Crippen MR) is 291 cm³/mol. The van der Waals surface area contributed by atoms with Crippen LogP contribution >= 0.6 is 0 Å². The number of unbranched alkanes of at least 4 members (excludes halogenated alkanes) is 2. The van der Waals surface area contributed by atoms with Gasteiger partial charge in [0.2, 0.25) is 17.7 Å². The Hall–Kier alpha value is -8.75. The number of carbonyl (C=O) groups excluding carboxylic acids is 7. The summed E-state index contributed by atoms with van der Waals surface area (Å²) < 4.78 is 7.73. The fourth-order valence-electron chi connectivity index (χ4n) is 9.78. The van der Waals surface area contributed by atoms with E-state index in [1.54, 1.807) is 47.5 Å². The molecule has 8 rings (SSSR count). The van der Waals surface area contributed by atoms with E-state index < -0.39 is 36.0 Å². The molecule has 4 aromatic heterocycles. The van der Waals surface area contributed by atoms with Crippen LogP contribution in [0.2, 0.25) is 0 Å². The van der Waals surface area contributed by atoms with E-state index in [0.29, 0.717) is 71.4 Å². The predicted octanol–water partition coefficient (Wildman–Crippen LogP) is 6.98. The van der Waals surface area contributed by atoms with Gasteiger partial charge in [0.1, 0.15) is 30.8 Å². The van der Waals surface area contributed by atoms with Gasteiger partial charge < -0.3 is 36.7 Å². The van der Waals surface area contributed by atoms with Gasteiger partial charge in [0.05, 0.1) is 23.6 Å². The molecule has 2 aromatic carbocycles. The maximum Gasteiger partial charge on any atom is 0.410 e. The van der Waals surface area contributed by atoms with Gasteiger partial charge in [0.25, 0.3) is 11.8 Å². The molecule has 8 amide bonds. The number of pyridine rings is 2. The number of rotatable bonds is 25. The lowest BCUT2D eigenvalue weighted by Gasteiger charge is -2.25. The van der Waals surface area contributed by atoms with Gasteiger partial charge in [-0.2, -0.15) is 5.10 Å². The van der Waals surface area contributed by atoms with Gasteiger partial charge in [0, 0.05) is 61.3 Å². The van der Waals surface area contributed by atoms with Crippen molar-refractivity contribution in [2.24, 2.45) is 11.7 Å². The highest BCUT2D eigenvalue weighted by Gasteiger charge is 2.30. The summed E-state index contributed by atoms with van der Waals surface area (Å²) in [6.07, 6.45) is 11.9. The number of aromatic nitrogens is 6. The molecule has 0 saturated heterocycles. The third-order valence-electron chi connectivity index (χ3n) is 13.9. The molecule has 5 heterocycles. The van der Waals surface area contributed by atoms with Crippen molar-refractivity contribution < 1.29 is 38.3 Å². The van der Waals surface area contributed by atoms with Crippen molar-refractivity contribution in [3.05, 3.63) is 132 Å². The summed E-state index contributed by atoms with van der Waals surface area (Å²) in [5.74, 6) is -1.57. The lowest BCUT2D eigenvalue weighted by atomic mass is 9.92. The average Bonchev–Trinajstić information content (AvgIpc) is 4.32. The van der Waals surface area contributed by atoms with Crippen molar-refractivity contribution >= 4 is 53.0 Å². The molecule has 78 heavy (non-hydrogen) atoms. The Labute approximate surface area is 452 Å². The minimum Gasteiger partial charge on any atom is -0.445 e. The molecule has 21 nitrogen and oxygen atoms in total. The number of benzene rings is 2. The molecule has 2 atom stereocenters. The largest absolute Gasteiger partial charge is 0.445 e. The van der Waals surface area contributed by atoms with Gasteiger partial charge >= 0.3 is 12.1 Å². The summed E-state index contributed by atoms with van der Waals surface area (Å²) in [4.78, 5) is 111. The van der Waals surface area contributed by atoms with Gasteiger partial charge in [-0.1, -0.05) is 75.6 Å². The Morgan fingerprint density at radius 3 is 2.36 bits per heavy atom. The SMILES string of the molecule is Cc1cccc(-c2[nH]c(CN(Cc3ccccc3C3CCCC3)C(=O)OCc3ccc(NC(=O)C(CCCNC(N)=O)NC(=O)[C@@H](NC(=O)CCCCCN4C(=O)C=CC4=O)C(C)C)cc3)nc2-c2ccc3ncnn3c2)n1. The molecule has 1 fully saturated rings. The maximum atomic E-state index is 14.4. The second-order valence-electron chi connectivity index (χ2n) is 20.1. The number of primary amides is 1. The zero-order valence-corrected chi connectivity index (χ0v) is 44.2. The fourth-order valence-corrected chi connectivity index (χ4v) is 9.78. The Morgan fingerprint density at radius 1 is 0.846 bits per heavy atom. The molecule has 1 aliphatic carbocycles. The topological polar surface area (TPSA) is 281 Å². The van der Waals surface area contributed by atoms with Crippen molar-refractivity contribution in [1.29, 1.82) is 0 Å². The molecule has 408 valence electrons. The summed E-state index contributed by atoms with van der Waals surface area (Å²) in [5, 5.41) is 15.3. The number of aromatic amines is 1. The van der Waals surface area contributed by atoms with Gasteiger partial charge in [-0.05, 0) is 110 Å². The molecular weight excluding hydrogens is 995 g/mol. The number of nitrogens with two attached hydrogens (primary N) is 1. The van der Waals surface area contributed by atoms with Crippen molar-refractivity contribution in [2.45, 2.75) is 123 Å². The number of fused-ring (bicyclic) bond motifs is 1. The normalized spacial score (nSPS) is 14.2. The first-order valence-electron chi connectivity index (χ1n) is 26.6. The lowest BCUT2D eigenvalue weighted by Crippen LogP contribution is -2.54. The third-order valence-corrected chi connectivity index (χ3v) is 13.9. The smallest absolute Gasteiger partial charge is 0.410 e. The van der Waals surface area contributed by atoms with Gasteiger partial charge in [-0.3, -0.25) is 38.8 Å². The third kappa shape index (κ3) is 14.8.